The summed E-state index contributed by atoms with van der Waals surface area (Å²) in [5, 5.41) is 10.6. The topological polar surface area (TPSA) is 95.2 Å². The van der Waals surface area contributed by atoms with Crippen molar-refractivity contribution in [2.24, 2.45) is 0 Å². The maximum atomic E-state index is 13.0. The second-order valence-electron chi connectivity index (χ2n) is 10.0. The zero-order chi connectivity index (χ0) is 29.5. The van der Waals surface area contributed by atoms with E-state index in [1.54, 1.807) is 49.6 Å². The summed E-state index contributed by atoms with van der Waals surface area (Å²) in [6, 6.07) is 28.5. The summed E-state index contributed by atoms with van der Waals surface area (Å²) >= 11 is 0. The molecular formula is C35H32O7. The van der Waals surface area contributed by atoms with Gasteiger partial charge in [0.25, 0.3) is 0 Å². The van der Waals surface area contributed by atoms with Gasteiger partial charge in [-0.2, -0.15) is 0 Å². The Hall–Kier alpha value is -5.04. The number of carbonyl (C=O) groups is 1. The highest BCUT2D eigenvalue weighted by Gasteiger charge is 2.17. The molecule has 1 unspecified atom stereocenters. The number of carbonyl (C=O) groups excluding carboxylic acids is 1. The number of fused-ring (bicyclic) bond motifs is 1. The molecule has 214 valence electrons. The number of benzene rings is 4. The van der Waals surface area contributed by atoms with E-state index in [-0.39, 0.29) is 46.7 Å². The number of rotatable bonds is 12. The molecule has 0 saturated carbocycles. The summed E-state index contributed by atoms with van der Waals surface area (Å²) in [5.74, 6) is 1.07. The van der Waals surface area contributed by atoms with Gasteiger partial charge in [0.15, 0.2) is 29.3 Å². The zero-order valence-corrected chi connectivity index (χ0v) is 23.5. The van der Waals surface area contributed by atoms with Crippen molar-refractivity contribution in [1.82, 2.24) is 0 Å². The lowest BCUT2D eigenvalue weighted by atomic mass is 10.1. The van der Waals surface area contributed by atoms with Crippen LogP contribution >= 0.6 is 0 Å². The highest BCUT2D eigenvalue weighted by molar-refractivity contribution is 5.97. The number of ether oxygens (including phenoxy) is 3. The second-order valence-corrected chi connectivity index (χ2v) is 10.0. The van der Waals surface area contributed by atoms with Crippen LogP contribution in [-0.2, 0) is 6.42 Å². The van der Waals surface area contributed by atoms with E-state index >= 15 is 0 Å². The van der Waals surface area contributed by atoms with E-state index in [0.29, 0.717) is 22.6 Å². The fraction of sp³-hybridized carbons (Fsp3) is 0.200. The molecule has 7 heteroatoms. The smallest absolute Gasteiger partial charge is 0.200 e. The lowest BCUT2D eigenvalue weighted by Crippen LogP contribution is -2.12. The normalized spacial score (nSPS) is 11.7. The monoisotopic (exact) mass is 564 g/mol. The predicted molar refractivity (Wildman–Crippen MR) is 162 cm³/mol. The third-order valence-electron chi connectivity index (χ3n) is 6.94. The van der Waals surface area contributed by atoms with E-state index in [0.717, 1.165) is 19.3 Å². The molecule has 1 heterocycles. The van der Waals surface area contributed by atoms with Gasteiger partial charge in [0, 0.05) is 29.3 Å². The first kappa shape index (κ1) is 28.5. The van der Waals surface area contributed by atoms with Crippen LogP contribution in [0.5, 0.6) is 23.0 Å². The number of ketones is 1. The van der Waals surface area contributed by atoms with Crippen LogP contribution in [0, 0.1) is 0 Å². The molecule has 0 amide bonds. The van der Waals surface area contributed by atoms with Crippen LogP contribution in [0.25, 0.3) is 22.3 Å². The van der Waals surface area contributed by atoms with Crippen LogP contribution in [0.3, 0.4) is 0 Å². The summed E-state index contributed by atoms with van der Waals surface area (Å²) in [6.07, 6.45) is 2.71. The lowest BCUT2D eigenvalue weighted by Gasteiger charge is -2.18. The third kappa shape index (κ3) is 6.81. The minimum Gasteiger partial charge on any atom is -0.507 e. The van der Waals surface area contributed by atoms with Gasteiger partial charge in [0.05, 0.1) is 13.2 Å². The molecule has 5 aromatic rings. The number of phenols is 1. The molecule has 0 bridgehead atoms. The maximum Gasteiger partial charge on any atom is 0.200 e. The molecule has 1 N–H and O–H groups in total. The first-order valence-corrected chi connectivity index (χ1v) is 13.8. The molecule has 7 nitrogen and oxygen atoms in total. The molecule has 0 spiro atoms. The van der Waals surface area contributed by atoms with Gasteiger partial charge in [-0.1, -0.05) is 60.7 Å². The van der Waals surface area contributed by atoms with E-state index in [1.807, 2.05) is 31.2 Å². The SMILES string of the molecule is COc1ccc(-c2cc(=O)c3c(O)cc(OCC(=O)c4ccccc4)cc3o2)cc1OC(C)CCCc1ccccc1. The molecule has 0 fully saturated rings. The zero-order valence-electron chi connectivity index (χ0n) is 23.5. The molecule has 0 aliphatic carbocycles. The minimum atomic E-state index is -0.414. The van der Waals surface area contributed by atoms with Crippen LogP contribution in [0.15, 0.2) is 106 Å². The van der Waals surface area contributed by atoms with Gasteiger partial charge in [-0.25, -0.2) is 0 Å². The molecule has 1 aromatic heterocycles. The quantitative estimate of drug-likeness (QED) is 0.160. The van der Waals surface area contributed by atoms with Crippen molar-refractivity contribution in [3.63, 3.8) is 0 Å². The Balaban J connectivity index is 1.35. The van der Waals surface area contributed by atoms with Crippen molar-refractivity contribution in [2.75, 3.05) is 13.7 Å². The number of aryl methyl sites for hydroxylation is 1. The largest absolute Gasteiger partial charge is 0.507 e. The first-order valence-electron chi connectivity index (χ1n) is 13.8. The first-order chi connectivity index (χ1) is 20.4. The molecule has 1 atom stereocenters. The van der Waals surface area contributed by atoms with Gasteiger partial charge in [-0.3, -0.25) is 9.59 Å². The van der Waals surface area contributed by atoms with Crippen molar-refractivity contribution < 1.29 is 28.5 Å². The summed E-state index contributed by atoms with van der Waals surface area (Å²) < 4.78 is 23.5. The van der Waals surface area contributed by atoms with Crippen LogP contribution in [-0.4, -0.2) is 30.7 Å². The van der Waals surface area contributed by atoms with Gasteiger partial charge in [-0.15, -0.1) is 0 Å². The number of aromatic hydroxyl groups is 1. The Morgan fingerprint density at radius 3 is 2.38 bits per heavy atom. The van der Waals surface area contributed by atoms with E-state index in [1.165, 1.54) is 23.8 Å². The Labute approximate surface area is 243 Å². The number of methoxy groups -OCH3 is 1. The molecule has 0 radical (unpaired) electrons. The van der Waals surface area contributed by atoms with Crippen LogP contribution in [0.4, 0.5) is 0 Å². The summed E-state index contributed by atoms with van der Waals surface area (Å²) in [5.41, 5.74) is 2.12. The molecule has 0 aliphatic rings. The summed E-state index contributed by atoms with van der Waals surface area (Å²) in [4.78, 5) is 25.5. The third-order valence-corrected chi connectivity index (χ3v) is 6.94. The van der Waals surface area contributed by atoms with E-state index in [4.69, 9.17) is 18.6 Å². The Bertz CT molecular complexity index is 1730. The second kappa shape index (κ2) is 13.1. The average Bonchev–Trinajstić information content (AvgIpc) is 3.00. The van der Waals surface area contributed by atoms with Gasteiger partial charge in [0.2, 0.25) is 0 Å². The highest BCUT2D eigenvalue weighted by Crippen LogP contribution is 2.36. The van der Waals surface area contributed by atoms with Crippen molar-refractivity contribution in [1.29, 1.82) is 0 Å². The average molecular weight is 565 g/mol. The minimum absolute atomic E-state index is 0.0255. The Morgan fingerprint density at radius 2 is 1.64 bits per heavy atom. The van der Waals surface area contributed by atoms with Gasteiger partial charge in [0.1, 0.15) is 28.2 Å². The molecule has 4 aromatic carbocycles. The molecule has 42 heavy (non-hydrogen) atoms. The summed E-state index contributed by atoms with van der Waals surface area (Å²) in [7, 11) is 1.57. The van der Waals surface area contributed by atoms with Gasteiger partial charge < -0.3 is 23.7 Å². The van der Waals surface area contributed by atoms with Crippen molar-refractivity contribution >= 4 is 16.8 Å². The van der Waals surface area contributed by atoms with Gasteiger partial charge >= 0.3 is 0 Å². The van der Waals surface area contributed by atoms with Crippen LogP contribution < -0.4 is 19.6 Å². The standard InChI is InChI=1S/C35H32O7/c1-23(10-9-13-24-11-5-3-6-12-24)41-33-18-26(16-17-31(33)39-2)32-21-29(37)35-28(36)19-27(20-34(35)42-32)40-22-30(38)25-14-7-4-8-15-25/h3-8,11-12,14-21,23,36H,9-10,13,22H2,1-2H3. The molecule has 0 aliphatic heterocycles. The molecule has 5 rings (SSSR count). The predicted octanol–water partition coefficient (Wildman–Crippen LogP) is 7.23. The van der Waals surface area contributed by atoms with Crippen LogP contribution in [0.1, 0.15) is 35.7 Å². The van der Waals surface area contributed by atoms with E-state index in [2.05, 4.69) is 12.1 Å². The van der Waals surface area contributed by atoms with Crippen molar-refractivity contribution in [2.45, 2.75) is 32.3 Å². The van der Waals surface area contributed by atoms with E-state index < -0.39 is 5.43 Å². The Morgan fingerprint density at radius 1 is 0.905 bits per heavy atom. The number of hydrogen-bond donors (Lipinski definition) is 1. The van der Waals surface area contributed by atoms with Crippen molar-refractivity contribution in [3.8, 4) is 34.3 Å². The number of hydrogen-bond acceptors (Lipinski definition) is 7. The van der Waals surface area contributed by atoms with Gasteiger partial charge in [-0.05, 0) is 49.9 Å². The Kier molecular flexibility index (Phi) is 8.87. The summed E-state index contributed by atoms with van der Waals surface area (Å²) in [6.45, 7) is 1.78. The van der Waals surface area contributed by atoms with Crippen molar-refractivity contribution in [3.05, 3.63) is 118 Å². The highest BCUT2D eigenvalue weighted by atomic mass is 16.5. The number of Topliss-reactive ketones (excluding diaryl/α,β-unsaturated/α-hetero) is 1. The van der Waals surface area contributed by atoms with E-state index in [9.17, 15) is 14.7 Å². The lowest BCUT2D eigenvalue weighted by molar-refractivity contribution is 0.0921. The van der Waals surface area contributed by atoms with Crippen LogP contribution in [0.2, 0.25) is 0 Å². The fourth-order valence-electron chi connectivity index (χ4n) is 4.76. The maximum absolute atomic E-state index is 13.0. The molecular weight excluding hydrogens is 532 g/mol. The number of phenolic OH excluding ortho intramolecular Hbond substituents is 1. The molecule has 0 saturated heterocycles. The fourth-order valence-corrected chi connectivity index (χ4v) is 4.76.